The van der Waals surface area contributed by atoms with Crippen molar-refractivity contribution in [2.75, 3.05) is 0 Å². The van der Waals surface area contributed by atoms with E-state index in [1.165, 1.54) is 0 Å². The maximum absolute atomic E-state index is 10.4. The quantitative estimate of drug-likeness (QED) is 0.313. The van der Waals surface area contributed by atoms with E-state index in [0.717, 1.165) is 11.1 Å². The number of hydrogen-bond donors (Lipinski definition) is 0. The van der Waals surface area contributed by atoms with Crippen LogP contribution in [0.2, 0.25) is 0 Å². The molecular weight excluding hydrogens is 152 g/mol. The van der Waals surface area contributed by atoms with Gasteiger partial charge < -0.3 is 5.53 Å². The van der Waals surface area contributed by atoms with Crippen LogP contribution in [0, 0.1) is 0 Å². The first kappa shape index (κ1) is 6.74. The molecule has 0 aromatic heterocycles. The van der Waals surface area contributed by atoms with Crippen LogP contribution in [0.1, 0.15) is 11.1 Å². The molecule has 0 saturated carbocycles. The highest BCUT2D eigenvalue weighted by Gasteiger charge is 2.36. The Labute approximate surface area is 68.6 Å². The third-order valence-electron chi connectivity index (χ3n) is 1.89. The Morgan fingerprint density at radius 3 is 2.50 bits per heavy atom. The van der Waals surface area contributed by atoms with Gasteiger partial charge in [-0.3, -0.25) is 0 Å². The van der Waals surface area contributed by atoms with Crippen molar-refractivity contribution < 1.29 is 9.58 Å². The number of nitrogens with zero attached hydrogens (tertiary/aromatic N) is 2. The summed E-state index contributed by atoms with van der Waals surface area (Å²) < 4.78 is 0. The average Bonchev–Trinajstić information content (AvgIpc) is 2.08. The molecule has 56 valence electrons. The van der Waals surface area contributed by atoms with Crippen molar-refractivity contribution in [2.45, 2.75) is 0 Å². The lowest BCUT2D eigenvalue weighted by Crippen LogP contribution is -2.19. The standard InChI is InChI=1S/C9H4N2O/c10-11-9-7-4-2-1-3-6(7)8(9)5-12/h1-4H. The van der Waals surface area contributed by atoms with Crippen LogP contribution in [-0.2, 0) is 4.79 Å². The highest BCUT2D eigenvalue weighted by molar-refractivity contribution is 6.44. The Bertz CT molecular complexity index is 406. The molecule has 0 radical (unpaired) electrons. The maximum atomic E-state index is 10.4. The summed E-state index contributed by atoms with van der Waals surface area (Å²) in [5, 5.41) is 0. The average molecular weight is 156 g/mol. The normalized spacial score (nSPS) is 12.7. The molecule has 12 heavy (non-hydrogen) atoms. The molecule has 1 aromatic rings. The molecule has 0 fully saturated rings. The second-order valence-electron chi connectivity index (χ2n) is 2.47. The number of hydrogen-bond acceptors (Lipinski definition) is 1. The third-order valence-corrected chi connectivity index (χ3v) is 1.89. The molecule has 3 nitrogen and oxygen atoms in total. The number of allylic oxidation sites excluding steroid dienone is 1. The second-order valence-corrected chi connectivity index (χ2v) is 2.47. The van der Waals surface area contributed by atoms with E-state index in [1.54, 1.807) is 18.1 Å². The molecule has 1 aliphatic carbocycles. The van der Waals surface area contributed by atoms with E-state index >= 15 is 0 Å². The van der Waals surface area contributed by atoms with E-state index in [1.807, 2.05) is 12.1 Å². The van der Waals surface area contributed by atoms with Gasteiger partial charge >= 0.3 is 5.71 Å². The fraction of sp³-hybridized carbons (Fsp3) is 0. The largest absolute Gasteiger partial charge is 0.361 e. The van der Waals surface area contributed by atoms with Gasteiger partial charge in [0.05, 0.1) is 5.56 Å². The Morgan fingerprint density at radius 2 is 1.92 bits per heavy atom. The zero-order valence-corrected chi connectivity index (χ0v) is 6.11. The van der Waals surface area contributed by atoms with Crippen LogP contribution in [0.15, 0.2) is 24.3 Å². The minimum atomic E-state index is 0.334. The second kappa shape index (κ2) is 2.28. The third kappa shape index (κ3) is 0.638. The van der Waals surface area contributed by atoms with Gasteiger partial charge in [0.2, 0.25) is 0 Å². The van der Waals surface area contributed by atoms with Gasteiger partial charge in [0, 0.05) is 5.56 Å². The molecule has 2 rings (SSSR count). The monoisotopic (exact) mass is 156 g/mol. The topological polar surface area (TPSA) is 53.5 Å². The summed E-state index contributed by atoms with van der Waals surface area (Å²) in [5.41, 5.74) is 10.8. The van der Waals surface area contributed by atoms with Gasteiger partial charge in [-0.1, -0.05) is 18.2 Å². The molecule has 1 aromatic carbocycles. The van der Waals surface area contributed by atoms with Gasteiger partial charge in [-0.05, 0) is 6.07 Å². The van der Waals surface area contributed by atoms with Crippen molar-refractivity contribution in [3.63, 3.8) is 0 Å². The van der Waals surface area contributed by atoms with Gasteiger partial charge in [-0.2, -0.15) is 4.79 Å². The molecular formula is C9H4N2O. The van der Waals surface area contributed by atoms with E-state index in [2.05, 4.69) is 4.79 Å². The van der Waals surface area contributed by atoms with Crippen LogP contribution in [-0.4, -0.2) is 16.4 Å². The fourth-order valence-corrected chi connectivity index (χ4v) is 1.31. The molecule has 0 aliphatic heterocycles. The van der Waals surface area contributed by atoms with Crippen LogP contribution in [0.3, 0.4) is 0 Å². The minimum absolute atomic E-state index is 0.334. The summed E-state index contributed by atoms with van der Waals surface area (Å²) >= 11 is 0. The highest BCUT2D eigenvalue weighted by Crippen LogP contribution is 2.30. The molecule has 0 bridgehead atoms. The molecule has 0 atom stereocenters. The van der Waals surface area contributed by atoms with E-state index in [9.17, 15) is 4.79 Å². The van der Waals surface area contributed by atoms with Gasteiger partial charge in [-0.25, -0.2) is 4.79 Å². The van der Waals surface area contributed by atoms with Crippen molar-refractivity contribution >= 4 is 17.2 Å². The van der Waals surface area contributed by atoms with Crippen molar-refractivity contribution in [1.29, 1.82) is 0 Å². The van der Waals surface area contributed by atoms with E-state index in [-0.39, 0.29) is 0 Å². The fourth-order valence-electron chi connectivity index (χ4n) is 1.31. The number of benzene rings is 1. The Hall–Kier alpha value is -1.95. The summed E-state index contributed by atoms with van der Waals surface area (Å²) in [6.07, 6.45) is 0. The van der Waals surface area contributed by atoms with Crippen LogP contribution >= 0.6 is 0 Å². The number of rotatable bonds is 0. The lowest BCUT2D eigenvalue weighted by molar-refractivity contribution is -0.00221. The molecule has 0 spiro atoms. The lowest BCUT2D eigenvalue weighted by atomic mass is 9.82. The number of carbonyl (C=O) groups excluding carboxylic acids is 1. The summed E-state index contributed by atoms with van der Waals surface area (Å²) in [4.78, 5) is 13.4. The van der Waals surface area contributed by atoms with E-state index in [0.29, 0.717) is 11.3 Å². The maximum Gasteiger partial charge on any atom is 0.341 e. The molecule has 1 aliphatic rings. The van der Waals surface area contributed by atoms with E-state index in [4.69, 9.17) is 5.53 Å². The number of fused-ring (bicyclic) bond motifs is 1. The summed E-state index contributed by atoms with van der Waals surface area (Å²) in [5.74, 6) is 1.73. The highest BCUT2D eigenvalue weighted by atomic mass is 16.1. The van der Waals surface area contributed by atoms with Crippen LogP contribution in [0.5, 0.6) is 0 Å². The van der Waals surface area contributed by atoms with Gasteiger partial charge in [0.15, 0.2) is 5.57 Å². The van der Waals surface area contributed by atoms with Crippen molar-refractivity contribution in [1.82, 2.24) is 0 Å². The minimum Gasteiger partial charge on any atom is -0.361 e. The smallest absolute Gasteiger partial charge is 0.341 e. The predicted molar refractivity (Wildman–Crippen MR) is 43.3 cm³/mol. The Balaban J connectivity index is 2.79. The molecule has 0 saturated heterocycles. The molecule has 0 N–H and O–H groups in total. The zero-order chi connectivity index (χ0) is 8.55. The van der Waals surface area contributed by atoms with Gasteiger partial charge in [0.25, 0.3) is 0 Å². The van der Waals surface area contributed by atoms with Crippen LogP contribution in [0.4, 0.5) is 0 Å². The van der Waals surface area contributed by atoms with Gasteiger partial charge in [-0.15, -0.1) is 0 Å². The summed E-state index contributed by atoms with van der Waals surface area (Å²) in [6.45, 7) is 0. The summed E-state index contributed by atoms with van der Waals surface area (Å²) in [6, 6.07) is 7.24. The first-order valence-corrected chi connectivity index (χ1v) is 3.46. The molecule has 3 heteroatoms. The first-order valence-electron chi connectivity index (χ1n) is 3.46. The zero-order valence-electron chi connectivity index (χ0n) is 6.11. The summed E-state index contributed by atoms with van der Waals surface area (Å²) in [7, 11) is 0. The Kier molecular flexibility index (Phi) is 1.28. The molecule has 0 unspecified atom stereocenters. The van der Waals surface area contributed by atoms with Crippen molar-refractivity contribution in [2.24, 2.45) is 0 Å². The predicted octanol–water partition coefficient (Wildman–Crippen LogP) is 0.934. The van der Waals surface area contributed by atoms with Crippen LogP contribution in [0.25, 0.3) is 11.1 Å². The van der Waals surface area contributed by atoms with E-state index < -0.39 is 0 Å². The lowest BCUT2D eigenvalue weighted by Gasteiger charge is -2.12. The SMILES string of the molecule is [N-]=[N+]=C1C(=C=O)c2ccccc21. The van der Waals surface area contributed by atoms with Crippen LogP contribution < -0.4 is 0 Å². The molecule has 0 heterocycles. The van der Waals surface area contributed by atoms with Crippen molar-refractivity contribution in [3.8, 4) is 0 Å². The first-order chi connectivity index (χ1) is 5.88. The Morgan fingerprint density at radius 1 is 1.25 bits per heavy atom. The molecule has 0 amide bonds. The van der Waals surface area contributed by atoms with Crippen molar-refractivity contribution in [3.05, 3.63) is 40.9 Å². The van der Waals surface area contributed by atoms with Gasteiger partial charge in [0.1, 0.15) is 5.94 Å².